The predicted octanol–water partition coefficient (Wildman–Crippen LogP) is 2.63. The maximum absolute atomic E-state index is 12.6. The van der Waals surface area contributed by atoms with Crippen molar-refractivity contribution < 1.29 is 14.8 Å². The largest absolute Gasteiger partial charge is 0.396 e. The fourth-order valence-corrected chi connectivity index (χ4v) is 2.99. The van der Waals surface area contributed by atoms with E-state index in [1.807, 2.05) is 0 Å². The van der Waals surface area contributed by atoms with Crippen LogP contribution in [0.4, 0.5) is 5.69 Å². The highest BCUT2D eigenvalue weighted by Crippen LogP contribution is 2.31. The lowest BCUT2D eigenvalue weighted by atomic mass is 10.1. The molecule has 1 unspecified atom stereocenters. The molecule has 114 valence electrons. The highest BCUT2D eigenvalue weighted by Gasteiger charge is 2.31. The minimum absolute atomic E-state index is 0.0694. The van der Waals surface area contributed by atoms with E-state index in [4.69, 9.17) is 16.7 Å². The van der Waals surface area contributed by atoms with Gasteiger partial charge in [0.25, 0.3) is 11.6 Å². The molecule has 1 N–H and O–H groups in total. The second-order valence-electron chi connectivity index (χ2n) is 5.06. The number of carbonyl (C=O) groups excluding carboxylic acids is 1. The van der Waals surface area contributed by atoms with E-state index in [1.165, 1.54) is 18.2 Å². The maximum Gasteiger partial charge on any atom is 0.288 e. The first-order chi connectivity index (χ1) is 10.1. The van der Waals surface area contributed by atoms with Crippen LogP contribution in [0, 0.1) is 10.1 Å². The number of likely N-dealkylation sites (tertiary alicyclic amines) is 1. The number of halogens is 1. The molecular weight excluding hydrogens is 296 g/mol. The lowest BCUT2D eigenvalue weighted by Crippen LogP contribution is -2.35. The molecule has 7 heteroatoms. The number of benzene rings is 1. The zero-order chi connectivity index (χ0) is 15.4. The molecule has 1 amide bonds. The number of amides is 1. The first-order valence-electron chi connectivity index (χ1n) is 6.91. The molecule has 1 heterocycles. The van der Waals surface area contributed by atoms with E-state index in [0.717, 1.165) is 19.3 Å². The van der Waals surface area contributed by atoms with Crippen LogP contribution in [0.5, 0.6) is 0 Å². The third kappa shape index (κ3) is 3.33. The molecule has 1 fully saturated rings. The summed E-state index contributed by atoms with van der Waals surface area (Å²) in [4.78, 5) is 24.6. The van der Waals surface area contributed by atoms with Gasteiger partial charge in [0.05, 0.1) is 10.5 Å². The Morgan fingerprint density at radius 3 is 2.95 bits per heavy atom. The number of carbonyl (C=O) groups is 1. The van der Waals surface area contributed by atoms with Crippen LogP contribution in [0.3, 0.4) is 0 Å². The van der Waals surface area contributed by atoms with Gasteiger partial charge in [-0.1, -0.05) is 17.7 Å². The molecular formula is C14H17ClN2O4. The van der Waals surface area contributed by atoms with Crippen LogP contribution in [0.25, 0.3) is 0 Å². The SMILES string of the molecule is O=C(c1cccc([N+](=O)[O-])c1Cl)N1CCCC1CCCO. The van der Waals surface area contributed by atoms with Crippen molar-refractivity contribution in [3.63, 3.8) is 0 Å². The Bertz CT molecular complexity index is 550. The van der Waals surface area contributed by atoms with Gasteiger partial charge < -0.3 is 10.0 Å². The second-order valence-corrected chi connectivity index (χ2v) is 5.43. The molecule has 0 bridgehead atoms. The van der Waals surface area contributed by atoms with Gasteiger partial charge in [-0.3, -0.25) is 14.9 Å². The van der Waals surface area contributed by atoms with Crippen molar-refractivity contribution in [1.29, 1.82) is 0 Å². The molecule has 1 saturated heterocycles. The van der Waals surface area contributed by atoms with Crippen LogP contribution in [-0.4, -0.2) is 40.0 Å². The quantitative estimate of drug-likeness (QED) is 0.669. The molecule has 1 aromatic carbocycles. The number of aliphatic hydroxyl groups is 1. The highest BCUT2D eigenvalue weighted by molar-refractivity contribution is 6.35. The smallest absolute Gasteiger partial charge is 0.288 e. The summed E-state index contributed by atoms with van der Waals surface area (Å²) in [5.74, 6) is -0.274. The van der Waals surface area contributed by atoms with Crippen molar-refractivity contribution in [2.24, 2.45) is 0 Å². The summed E-state index contributed by atoms with van der Waals surface area (Å²) >= 11 is 6.00. The minimum atomic E-state index is -0.591. The number of nitro groups is 1. The first kappa shape index (κ1) is 15.7. The molecule has 2 rings (SSSR count). The van der Waals surface area contributed by atoms with Crippen molar-refractivity contribution in [2.75, 3.05) is 13.2 Å². The van der Waals surface area contributed by atoms with Crippen LogP contribution in [0.15, 0.2) is 18.2 Å². The van der Waals surface area contributed by atoms with Gasteiger partial charge in [0.2, 0.25) is 0 Å². The summed E-state index contributed by atoms with van der Waals surface area (Å²) in [6.07, 6.45) is 3.15. The van der Waals surface area contributed by atoms with Gasteiger partial charge in [0.1, 0.15) is 5.02 Å². The summed E-state index contributed by atoms with van der Waals surface area (Å²) in [6.45, 7) is 0.712. The third-order valence-corrected chi connectivity index (χ3v) is 4.14. The summed E-state index contributed by atoms with van der Waals surface area (Å²) in [6, 6.07) is 4.33. The Kier molecular flexibility index (Phi) is 5.14. The summed E-state index contributed by atoms with van der Waals surface area (Å²) < 4.78 is 0. The molecule has 1 aliphatic heterocycles. The van der Waals surface area contributed by atoms with Gasteiger partial charge in [-0.25, -0.2) is 0 Å². The topological polar surface area (TPSA) is 83.7 Å². The molecule has 0 radical (unpaired) electrons. The van der Waals surface area contributed by atoms with E-state index in [9.17, 15) is 14.9 Å². The summed E-state index contributed by atoms with van der Waals surface area (Å²) in [5.41, 5.74) is -0.0876. The standard InChI is InChI=1S/C14H17ClN2O4/c15-13-11(6-1-7-12(13)17(20)21)14(19)16-8-2-4-10(16)5-3-9-18/h1,6-7,10,18H,2-5,8-9H2. The van der Waals surface area contributed by atoms with E-state index in [1.54, 1.807) is 4.90 Å². The van der Waals surface area contributed by atoms with Gasteiger partial charge in [-0.05, 0) is 31.7 Å². The molecule has 0 aromatic heterocycles. The maximum atomic E-state index is 12.6. The Morgan fingerprint density at radius 2 is 2.29 bits per heavy atom. The van der Waals surface area contributed by atoms with E-state index in [-0.39, 0.29) is 34.8 Å². The number of rotatable bonds is 5. The van der Waals surface area contributed by atoms with Crippen molar-refractivity contribution >= 4 is 23.2 Å². The van der Waals surface area contributed by atoms with Crippen LogP contribution in [0.2, 0.25) is 5.02 Å². The zero-order valence-corrected chi connectivity index (χ0v) is 12.3. The third-order valence-electron chi connectivity index (χ3n) is 3.74. The number of nitrogens with zero attached hydrogens (tertiary/aromatic N) is 2. The van der Waals surface area contributed by atoms with Gasteiger partial charge in [-0.2, -0.15) is 0 Å². The number of hydrogen-bond donors (Lipinski definition) is 1. The van der Waals surface area contributed by atoms with Gasteiger partial charge in [-0.15, -0.1) is 0 Å². The summed E-state index contributed by atoms with van der Waals surface area (Å²) in [5, 5.41) is 19.7. The van der Waals surface area contributed by atoms with Crippen molar-refractivity contribution in [1.82, 2.24) is 4.90 Å². The molecule has 0 aliphatic carbocycles. The van der Waals surface area contributed by atoms with E-state index in [0.29, 0.717) is 13.0 Å². The van der Waals surface area contributed by atoms with E-state index < -0.39 is 4.92 Å². The Hall–Kier alpha value is -1.66. The minimum Gasteiger partial charge on any atom is -0.396 e. The van der Waals surface area contributed by atoms with Crippen molar-refractivity contribution in [2.45, 2.75) is 31.7 Å². The lowest BCUT2D eigenvalue weighted by molar-refractivity contribution is -0.384. The monoisotopic (exact) mass is 312 g/mol. The van der Waals surface area contributed by atoms with Crippen LogP contribution < -0.4 is 0 Å². The van der Waals surface area contributed by atoms with Crippen LogP contribution in [0.1, 0.15) is 36.0 Å². The van der Waals surface area contributed by atoms with Crippen molar-refractivity contribution in [3.05, 3.63) is 38.9 Å². The Balaban J connectivity index is 2.23. The first-order valence-corrected chi connectivity index (χ1v) is 7.28. The van der Waals surface area contributed by atoms with Crippen molar-refractivity contribution in [3.8, 4) is 0 Å². The molecule has 1 aliphatic rings. The molecule has 6 nitrogen and oxygen atoms in total. The average molecular weight is 313 g/mol. The highest BCUT2D eigenvalue weighted by atomic mass is 35.5. The number of aliphatic hydroxyl groups excluding tert-OH is 1. The second kappa shape index (κ2) is 6.87. The van der Waals surface area contributed by atoms with E-state index in [2.05, 4.69) is 0 Å². The Labute approximate surface area is 127 Å². The average Bonchev–Trinajstić information content (AvgIpc) is 2.92. The molecule has 1 atom stereocenters. The fraction of sp³-hybridized carbons (Fsp3) is 0.500. The van der Waals surface area contributed by atoms with Gasteiger partial charge in [0.15, 0.2) is 0 Å². The predicted molar refractivity (Wildman–Crippen MR) is 78.5 cm³/mol. The molecule has 0 spiro atoms. The zero-order valence-electron chi connectivity index (χ0n) is 11.5. The molecule has 21 heavy (non-hydrogen) atoms. The fourth-order valence-electron chi connectivity index (χ4n) is 2.71. The number of hydrogen-bond acceptors (Lipinski definition) is 4. The summed E-state index contributed by atoms with van der Waals surface area (Å²) in [7, 11) is 0. The van der Waals surface area contributed by atoms with Gasteiger partial charge in [0, 0.05) is 25.3 Å². The van der Waals surface area contributed by atoms with Gasteiger partial charge >= 0.3 is 0 Å². The van der Waals surface area contributed by atoms with E-state index >= 15 is 0 Å². The molecule has 0 saturated carbocycles. The Morgan fingerprint density at radius 1 is 1.52 bits per heavy atom. The normalized spacial score (nSPS) is 18.0. The molecule has 1 aromatic rings. The number of nitro benzene ring substituents is 1. The van der Waals surface area contributed by atoms with Crippen LogP contribution in [-0.2, 0) is 0 Å². The van der Waals surface area contributed by atoms with Crippen LogP contribution >= 0.6 is 11.6 Å². The lowest BCUT2D eigenvalue weighted by Gasteiger charge is -2.25.